The van der Waals surface area contributed by atoms with Crippen molar-refractivity contribution in [2.45, 2.75) is 71.4 Å². The predicted octanol–water partition coefficient (Wildman–Crippen LogP) is 2.01. The third kappa shape index (κ3) is 7.76. The van der Waals surface area contributed by atoms with Crippen molar-refractivity contribution in [3.63, 3.8) is 0 Å². The summed E-state index contributed by atoms with van der Waals surface area (Å²) in [4.78, 5) is 48.0. The van der Waals surface area contributed by atoms with Crippen LogP contribution in [-0.2, 0) is 51.3 Å². The molecule has 0 spiro atoms. The molecular weight excluding hydrogens is 544 g/mol. The summed E-state index contributed by atoms with van der Waals surface area (Å²) in [6, 6.07) is 7.99. The summed E-state index contributed by atoms with van der Waals surface area (Å²) in [6.07, 6.45) is -3.14. The van der Waals surface area contributed by atoms with Crippen LogP contribution in [-0.4, -0.2) is 69.1 Å². The summed E-state index contributed by atoms with van der Waals surface area (Å²) in [6.45, 7) is 8.56. The first-order valence-corrected chi connectivity index (χ1v) is 12.8. The van der Waals surface area contributed by atoms with Crippen LogP contribution in [0, 0.1) is 4.77 Å². The summed E-state index contributed by atoms with van der Waals surface area (Å²) in [5.74, 6) is -1.48. The zero-order valence-corrected chi connectivity index (χ0v) is 23.4. The molecule has 1 aromatic carbocycles. The average molecular weight is 577 g/mol. The van der Waals surface area contributed by atoms with E-state index in [1.165, 1.54) is 32.4 Å². The number of allylic oxidation sites excluding steroid dienone is 1. The number of benzene rings is 1. The average Bonchev–Trinajstić information content (AvgIpc) is 3.19. The second-order valence-corrected chi connectivity index (χ2v) is 9.25. The summed E-state index contributed by atoms with van der Waals surface area (Å²) in [7, 11) is 0. The first-order chi connectivity index (χ1) is 19.0. The molecule has 1 amide bonds. The molecule has 1 fully saturated rings. The van der Waals surface area contributed by atoms with Gasteiger partial charge in [-0.1, -0.05) is 24.3 Å². The quantitative estimate of drug-likeness (QED) is 0.181. The standard InChI is InChI=1S/C26H32N4O9S/c1-6-12-29-21(14-36-19-10-8-7-9-11-19)28-30(26(29)40)25-22(27-15(2)31)24(38-18(5)34)23(37-17(4)33)20(39-25)13-35-16(3)32/h6-11,20,22-25H,1,12-14H2,2-5H3,(H,27,31)/t20-,22-,23-,24-,25-/m1/s1. The van der Waals surface area contributed by atoms with Gasteiger partial charge < -0.3 is 29.0 Å². The van der Waals surface area contributed by atoms with Crippen LogP contribution in [0.4, 0.5) is 0 Å². The Bertz CT molecular complexity index is 1290. The number of carbonyl (C=O) groups is 4. The number of nitrogens with zero attached hydrogens (tertiary/aromatic N) is 3. The van der Waals surface area contributed by atoms with Crippen LogP contribution in [0.3, 0.4) is 0 Å². The fourth-order valence-electron chi connectivity index (χ4n) is 4.22. The van der Waals surface area contributed by atoms with E-state index in [4.69, 9.17) is 35.9 Å². The molecule has 216 valence electrons. The van der Waals surface area contributed by atoms with Crippen molar-refractivity contribution in [3.05, 3.63) is 53.6 Å². The second-order valence-electron chi connectivity index (χ2n) is 8.89. The Morgan fingerprint density at radius 1 is 1.05 bits per heavy atom. The Morgan fingerprint density at radius 3 is 2.27 bits per heavy atom. The van der Waals surface area contributed by atoms with Crippen LogP contribution in [0.2, 0.25) is 0 Å². The molecule has 3 rings (SSSR count). The minimum atomic E-state index is -1.25. The molecule has 0 saturated carbocycles. The predicted molar refractivity (Wildman–Crippen MR) is 141 cm³/mol. The zero-order valence-electron chi connectivity index (χ0n) is 22.6. The van der Waals surface area contributed by atoms with E-state index >= 15 is 0 Å². The Labute approximate surface area is 236 Å². The fraction of sp³-hybridized carbons (Fsp3) is 0.462. The van der Waals surface area contributed by atoms with Gasteiger partial charge in [-0.15, -0.1) is 6.58 Å². The molecule has 2 aromatic rings. The van der Waals surface area contributed by atoms with Crippen molar-refractivity contribution in [1.29, 1.82) is 0 Å². The first-order valence-electron chi connectivity index (χ1n) is 12.4. The Kier molecular flexibility index (Phi) is 10.6. The SMILES string of the molecule is C=CCn1c(COc2ccccc2)nn([C@@H]2O[C@H](COC(C)=O)[C@@H](OC(C)=O)[C@H](OC(C)=O)[C@H]2NC(C)=O)c1=S. The molecule has 0 bridgehead atoms. The van der Waals surface area contributed by atoms with Gasteiger partial charge in [-0.2, -0.15) is 5.10 Å². The van der Waals surface area contributed by atoms with Crippen molar-refractivity contribution in [2.75, 3.05) is 6.61 Å². The molecule has 1 aliphatic heterocycles. The second kappa shape index (κ2) is 13.8. The Morgan fingerprint density at radius 2 is 1.70 bits per heavy atom. The first kappa shape index (κ1) is 30.5. The van der Waals surface area contributed by atoms with Gasteiger partial charge >= 0.3 is 17.9 Å². The van der Waals surface area contributed by atoms with E-state index in [2.05, 4.69) is 17.0 Å². The lowest BCUT2D eigenvalue weighted by Crippen LogP contribution is -2.64. The van der Waals surface area contributed by atoms with Gasteiger partial charge in [0, 0.05) is 34.2 Å². The van der Waals surface area contributed by atoms with E-state index in [0.29, 0.717) is 11.6 Å². The third-order valence-corrected chi connectivity index (χ3v) is 6.12. The van der Waals surface area contributed by atoms with Crippen LogP contribution in [0.25, 0.3) is 0 Å². The van der Waals surface area contributed by atoms with Gasteiger partial charge in [0.05, 0.1) is 0 Å². The van der Waals surface area contributed by atoms with Crippen molar-refractivity contribution in [1.82, 2.24) is 19.7 Å². The highest BCUT2D eigenvalue weighted by atomic mass is 32.1. The molecular formula is C26H32N4O9S. The van der Waals surface area contributed by atoms with Crippen molar-refractivity contribution in [3.8, 4) is 5.75 Å². The van der Waals surface area contributed by atoms with Crippen LogP contribution in [0.15, 0.2) is 43.0 Å². The number of carbonyl (C=O) groups excluding carboxylic acids is 4. The van der Waals surface area contributed by atoms with Crippen molar-refractivity contribution in [2.24, 2.45) is 0 Å². The molecule has 1 N–H and O–H groups in total. The van der Waals surface area contributed by atoms with Gasteiger partial charge in [0.1, 0.15) is 31.1 Å². The van der Waals surface area contributed by atoms with E-state index in [-0.39, 0.29) is 24.5 Å². The van der Waals surface area contributed by atoms with Gasteiger partial charge in [0.15, 0.2) is 24.3 Å². The van der Waals surface area contributed by atoms with E-state index in [0.717, 1.165) is 0 Å². The number of para-hydroxylation sites is 1. The number of hydrogen-bond acceptors (Lipinski definition) is 11. The molecule has 1 saturated heterocycles. The van der Waals surface area contributed by atoms with E-state index in [9.17, 15) is 19.2 Å². The van der Waals surface area contributed by atoms with Crippen LogP contribution in [0.5, 0.6) is 5.75 Å². The van der Waals surface area contributed by atoms with Crippen LogP contribution < -0.4 is 10.1 Å². The van der Waals surface area contributed by atoms with Gasteiger partial charge in [0.2, 0.25) is 10.7 Å². The van der Waals surface area contributed by atoms with E-state index < -0.39 is 54.4 Å². The van der Waals surface area contributed by atoms with Crippen molar-refractivity contribution >= 4 is 36.0 Å². The molecule has 5 atom stereocenters. The number of hydrogen-bond donors (Lipinski definition) is 1. The summed E-state index contributed by atoms with van der Waals surface area (Å²) >= 11 is 5.72. The number of nitrogens with one attached hydrogen (secondary N) is 1. The molecule has 0 aliphatic carbocycles. The van der Waals surface area contributed by atoms with Gasteiger partial charge in [0.25, 0.3) is 0 Å². The summed E-state index contributed by atoms with van der Waals surface area (Å²) in [5.41, 5.74) is 0. The number of amides is 1. The molecule has 14 heteroatoms. The highest BCUT2D eigenvalue weighted by molar-refractivity contribution is 7.71. The number of rotatable bonds is 11. The summed E-state index contributed by atoms with van der Waals surface area (Å²) in [5, 5.41) is 7.34. The minimum Gasteiger partial charge on any atom is -0.486 e. The lowest BCUT2D eigenvalue weighted by atomic mass is 9.95. The van der Waals surface area contributed by atoms with Crippen molar-refractivity contribution < 1.29 is 42.9 Å². The topological polar surface area (TPSA) is 149 Å². The highest BCUT2D eigenvalue weighted by Crippen LogP contribution is 2.33. The van der Waals surface area contributed by atoms with Gasteiger partial charge in [-0.25, -0.2) is 4.68 Å². The molecule has 40 heavy (non-hydrogen) atoms. The maximum atomic E-state index is 12.3. The van der Waals surface area contributed by atoms with Crippen LogP contribution >= 0.6 is 12.2 Å². The Hall–Kier alpha value is -4.04. The highest BCUT2D eigenvalue weighted by Gasteiger charge is 2.52. The van der Waals surface area contributed by atoms with E-state index in [1.54, 1.807) is 22.8 Å². The molecule has 0 unspecified atom stereocenters. The maximum absolute atomic E-state index is 12.3. The normalized spacial score (nSPS) is 22.1. The minimum absolute atomic E-state index is 0.0341. The number of ether oxygens (including phenoxy) is 5. The molecule has 1 aromatic heterocycles. The van der Waals surface area contributed by atoms with Crippen LogP contribution in [0.1, 0.15) is 39.7 Å². The lowest BCUT2D eigenvalue weighted by Gasteiger charge is -2.45. The number of esters is 3. The third-order valence-electron chi connectivity index (χ3n) is 5.72. The maximum Gasteiger partial charge on any atom is 0.303 e. The largest absolute Gasteiger partial charge is 0.486 e. The fourth-order valence-corrected chi connectivity index (χ4v) is 4.55. The Balaban J connectivity index is 2.10. The number of aromatic nitrogens is 3. The molecule has 13 nitrogen and oxygen atoms in total. The lowest BCUT2D eigenvalue weighted by molar-refractivity contribution is -0.239. The summed E-state index contributed by atoms with van der Waals surface area (Å²) < 4.78 is 31.5. The zero-order chi connectivity index (χ0) is 29.4. The monoisotopic (exact) mass is 576 g/mol. The molecule has 0 radical (unpaired) electrons. The molecule has 2 heterocycles. The van der Waals surface area contributed by atoms with Gasteiger partial charge in [-0.3, -0.25) is 23.7 Å². The van der Waals surface area contributed by atoms with E-state index in [1.807, 2.05) is 18.2 Å². The van der Waals surface area contributed by atoms with Gasteiger partial charge in [-0.05, 0) is 24.4 Å². The smallest absolute Gasteiger partial charge is 0.303 e. The molecule has 1 aliphatic rings.